The number of halogens is 1. The highest BCUT2D eigenvalue weighted by molar-refractivity contribution is 7.91. The van der Waals surface area contributed by atoms with E-state index < -0.39 is 52.0 Å². The molecule has 0 saturated carbocycles. The summed E-state index contributed by atoms with van der Waals surface area (Å²) in [6.45, 7) is 2.84. The zero-order chi connectivity index (χ0) is 26.8. The molecular weight excluding hydrogens is 534 g/mol. The molecule has 192 valence electrons. The van der Waals surface area contributed by atoms with Crippen molar-refractivity contribution < 1.29 is 26.7 Å². The molecule has 0 aromatic heterocycles. The number of benzene rings is 3. The van der Waals surface area contributed by atoms with Crippen LogP contribution in [-0.4, -0.2) is 49.3 Å². The van der Waals surface area contributed by atoms with Crippen molar-refractivity contribution in [3.05, 3.63) is 79.8 Å². The summed E-state index contributed by atoms with van der Waals surface area (Å²) < 4.78 is 53.3. The average Bonchev–Trinajstić information content (AvgIpc) is 2.80. The van der Waals surface area contributed by atoms with Crippen molar-refractivity contribution >= 4 is 53.6 Å². The molecule has 0 fully saturated rings. The predicted molar refractivity (Wildman–Crippen MR) is 134 cm³/mol. The molecule has 0 amide bonds. The maximum absolute atomic E-state index is 13.3. The molecule has 11 nitrogen and oxygen atoms in total. The highest BCUT2D eigenvalue weighted by Gasteiger charge is 2.34. The van der Waals surface area contributed by atoms with Gasteiger partial charge in [0.05, 0.1) is 26.6 Å². The Balaban J connectivity index is 1.85. The number of nitro benzene ring substituents is 2. The largest absolute Gasteiger partial charge is 0.296 e. The van der Waals surface area contributed by atoms with Gasteiger partial charge in [0.2, 0.25) is 10.0 Å². The molecule has 0 atom stereocenters. The molecule has 3 aromatic rings. The number of hydrogen-bond acceptors (Lipinski definition) is 8. The third-order valence-electron chi connectivity index (χ3n) is 5.44. The van der Waals surface area contributed by atoms with Crippen molar-refractivity contribution in [3.8, 4) is 0 Å². The second-order valence-electron chi connectivity index (χ2n) is 8.20. The van der Waals surface area contributed by atoms with E-state index in [1.165, 1.54) is 26.0 Å². The number of fused-ring (bicyclic) bond motifs is 1. The first-order valence-corrected chi connectivity index (χ1v) is 14.1. The number of nitro groups is 2. The van der Waals surface area contributed by atoms with Crippen LogP contribution in [0.15, 0.2) is 64.4 Å². The van der Waals surface area contributed by atoms with E-state index in [9.17, 15) is 37.1 Å². The quantitative estimate of drug-likeness (QED) is 0.260. The molecule has 14 heteroatoms. The first kappa shape index (κ1) is 27.5. The van der Waals surface area contributed by atoms with Gasteiger partial charge in [-0.05, 0) is 61.4 Å². The van der Waals surface area contributed by atoms with Gasteiger partial charge in [0, 0.05) is 23.7 Å². The molecule has 0 aliphatic heterocycles. The van der Waals surface area contributed by atoms with E-state index in [1.54, 1.807) is 24.3 Å². The summed E-state index contributed by atoms with van der Waals surface area (Å²) in [7, 11) is -8.24. The second kappa shape index (κ2) is 10.5. The summed E-state index contributed by atoms with van der Waals surface area (Å²) in [5, 5.41) is 24.4. The summed E-state index contributed by atoms with van der Waals surface area (Å²) in [5.41, 5.74) is -1.56. The Hall–Kier alpha value is -3.13. The maximum atomic E-state index is 13.3. The number of sulfonamides is 1. The van der Waals surface area contributed by atoms with Gasteiger partial charge in [-0.25, -0.2) is 16.8 Å². The Morgan fingerprint density at radius 2 is 1.53 bits per heavy atom. The highest BCUT2D eigenvalue weighted by Crippen LogP contribution is 2.31. The first-order valence-electron chi connectivity index (χ1n) is 10.6. The minimum Gasteiger partial charge on any atom is -0.258 e. The average molecular weight is 556 g/mol. The number of non-ortho nitro benzene ring substituents is 1. The van der Waals surface area contributed by atoms with E-state index in [4.69, 9.17) is 11.6 Å². The number of hydrogen-bond donors (Lipinski definition) is 0. The molecular formula is C22H22ClN3O8S2. The molecule has 0 radical (unpaired) electrons. The lowest BCUT2D eigenvalue weighted by Crippen LogP contribution is -2.38. The van der Waals surface area contributed by atoms with Crippen LogP contribution in [0, 0.1) is 20.2 Å². The minimum atomic E-state index is -4.47. The molecule has 36 heavy (non-hydrogen) atoms. The van der Waals surface area contributed by atoms with Crippen molar-refractivity contribution in [3.63, 3.8) is 0 Å². The molecule has 3 rings (SSSR count). The van der Waals surface area contributed by atoms with Crippen LogP contribution in [0.5, 0.6) is 0 Å². The molecule has 0 spiro atoms. The van der Waals surface area contributed by atoms with E-state index in [-0.39, 0.29) is 23.6 Å². The van der Waals surface area contributed by atoms with E-state index in [0.29, 0.717) is 16.5 Å². The predicted octanol–water partition coefficient (Wildman–Crippen LogP) is 4.57. The van der Waals surface area contributed by atoms with Crippen LogP contribution in [0.4, 0.5) is 11.4 Å². The smallest absolute Gasteiger partial charge is 0.258 e. The van der Waals surface area contributed by atoms with Crippen LogP contribution in [0.25, 0.3) is 10.8 Å². The Labute approximate surface area is 212 Å². The topological polar surface area (TPSA) is 158 Å². The lowest BCUT2D eigenvalue weighted by Gasteiger charge is -2.25. The summed E-state index contributed by atoms with van der Waals surface area (Å²) in [5.74, 6) is -0.368. The van der Waals surface area contributed by atoms with Gasteiger partial charge in [0.25, 0.3) is 11.4 Å². The van der Waals surface area contributed by atoms with Crippen LogP contribution in [0.1, 0.15) is 20.3 Å². The summed E-state index contributed by atoms with van der Waals surface area (Å²) in [6.07, 6.45) is -0.0841. The molecule has 0 heterocycles. The lowest BCUT2D eigenvalue weighted by molar-refractivity contribution is -0.396. The van der Waals surface area contributed by atoms with Gasteiger partial charge in [-0.2, -0.15) is 4.31 Å². The SMILES string of the molecule is CC(C)N(CCCS(=O)(=O)c1ccc2cc(Cl)ccc2c1)S(=O)(=O)c1ccc([N+](=O)[O-])cc1[N+](=O)[O-]. The lowest BCUT2D eigenvalue weighted by atomic mass is 10.1. The van der Waals surface area contributed by atoms with Gasteiger partial charge in [-0.15, -0.1) is 0 Å². The van der Waals surface area contributed by atoms with Gasteiger partial charge in [-0.3, -0.25) is 20.2 Å². The van der Waals surface area contributed by atoms with Crippen LogP contribution in [-0.2, 0) is 19.9 Å². The number of rotatable bonds is 10. The Kier molecular flexibility index (Phi) is 7.98. The van der Waals surface area contributed by atoms with Gasteiger partial charge in [0.1, 0.15) is 0 Å². The van der Waals surface area contributed by atoms with Crippen LogP contribution in [0.3, 0.4) is 0 Å². The van der Waals surface area contributed by atoms with Gasteiger partial charge >= 0.3 is 0 Å². The number of nitrogens with zero attached hydrogens (tertiary/aromatic N) is 3. The third kappa shape index (κ3) is 5.81. The Morgan fingerprint density at radius 3 is 2.14 bits per heavy atom. The standard InChI is InChI=1S/C22H22ClN3O8S2/c1-15(2)24(36(33,34)22-9-7-19(25(27)28)14-21(22)26(29)30)10-3-11-35(31,32)20-8-5-16-12-18(23)6-4-17(16)13-20/h4-9,12-15H,3,10-11H2,1-2H3. The fourth-order valence-corrected chi connectivity index (χ4v) is 7.00. The Bertz CT molecular complexity index is 1560. The van der Waals surface area contributed by atoms with Crippen LogP contribution in [0.2, 0.25) is 5.02 Å². The fraction of sp³-hybridized carbons (Fsp3) is 0.273. The zero-order valence-corrected chi connectivity index (χ0v) is 21.6. The first-order chi connectivity index (χ1) is 16.7. The molecule has 0 N–H and O–H groups in total. The molecule has 0 unspecified atom stereocenters. The minimum absolute atomic E-state index is 0.0716. The van der Waals surface area contributed by atoms with Crippen molar-refractivity contribution in [2.45, 2.75) is 36.1 Å². The third-order valence-corrected chi connectivity index (χ3v) is 9.59. The van der Waals surface area contributed by atoms with Crippen molar-refractivity contribution in [1.82, 2.24) is 4.31 Å². The Morgan fingerprint density at radius 1 is 0.889 bits per heavy atom. The van der Waals surface area contributed by atoms with E-state index in [0.717, 1.165) is 21.8 Å². The van der Waals surface area contributed by atoms with Crippen LogP contribution < -0.4 is 0 Å². The summed E-state index contributed by atoms with van der Waals surface area (Å²) in [4.78, 5) is 19.9. The van der Waals surface area contributed by atoms with Crippen molar-refractivity contribution in [2.24, 2.45) is 0 Å². The van der Waals surface area contributed by atoms with E-state index >= 15 is 0 Å². The van der Waals surface area contributed by atoms with Gasteiger partial charge in [-0.1, -0.05) is 23.7 Å². The fourth-order valence-electron chi connectivity index (χ4n) is 3.68. The highest BCUT2D eigenvalue weighted by atomic mass is 35.5. The molecule has 3 aromatic carbocycles. The van der Waals surface area contributed by atoms with Crippen molar-refractivity contribution in [2.75, 3.05) is 12.3 Å². The van der Waals surface area contributed by atoms with Gasteiger partial charge < -0.3 is 0 Å². The van der Waals surface area contributed by atoms with E-state index in [2.05, 4.69) is 0 Å². The molecule has 0 aliphatic rings. The van der Waals surface area contributed by atoms with Crippen molar-refractivity contribution in [1.29, 1.82) is 0 Å². The number of sulfone groups is 1. The zero-order valence-electron chi connectivity index (χ0n) is 19.2. The summed E-state index contributed by atoms with van der Waals surface area (Å²) >= 11 is 5.96. The molecule has 0 saturated heterocycles. The van der Waals surface area contributed by atoms with Gasteiger partial charge in [0.15, 0.2) is 14.7 Å². The monoisotopic (exact) mass is 555 g/mol. The molecule has 0 aliphatic carbocycles. The summed E-state index contributed by atoms with van der Waals surface area (Å²) in [6, 6.07) is 11.2. The maximum Gasteiger partial charge on any atom is 0.296 e. The van der Waals surface area contributed by atoms with E-state index in [1.807, 2.05) is 0 Å². The second-order valence-corrected chi connectivity index (χ2v) is 12.6. The van der Waals surface area contributed by atoms with Crippen LogP contribution >= 0.6 is 11.6 Å². The normalized spacial score (nSPS) is 12.4. The molecule has 0 bridgehead atoms.